The molecule has 0 bridgehead atoms. The van der Waals surface area contributed by atoms with Crippen LogP contribution in [0.2, 0.25) is 0 Å². The molecule has 4 nitrogen and oxygen atoms in total. The van der Waals surface area contributed by atoms with Crippen molar-refractivity contribution in [2.24, 2.45) is 0 Å². The van der Waals surface area contributed by atoms with Crippen LogP contribution in [0.15, 0.2) is 0 Å². The number of morpholine rings is 1. The van der Waals surface area contributed by atoms with Crippen LogP contribution >= 0.6 is 0 Å². The van der Waals surface area contributed by atoms with Crippen LogP contribution < -0.4 is 0 Å². The molecule has 1 fully saturated rings. The van der Waals surface area contributed by atoms with Crippen LogP contribution in [0.25, 0.3) is 0 Å². The lowest BCUT2D eigenvalue weighted by molar-refractivity contribution is -0.178. The van der Waals surface area contributed by atoms with Crippen LogP contribution in [-0.2, 0) is 14.3 Å². The number of likely N-dealkylation sites (N-methyl/N-ethyl adjacent to an activating group) is 1. The second-order valence-electron chi connectivity index (χ2n) is 5.25. The van der Waals surface area contributed by atoms with E-state index in [0.29, 0.717) is 13.0 Å². The standard InChI is InChI=1S/C13H23NO3/c1-5-7-10(15)8-11-12(16)17-13(3,4)9-14(11)6-2/h11H,5-9H2,1-4H3. The highest BCUT2D eigenvalue weighted by Crippen LogP contribution is 2.23. The molecule has 0 spiro atoms. The Hall–Kier alpha value is -0.900. The number of ketones is 1. The zero-order valence-corrected chi connectivity index (χ0v) is 11.3. The van der Waals surface area contributed by atoms with Gasteiger partial charge in [0.2, 0.25) is 0 Å². The van der Waals surface area contributed by atoms with Crippen molar-refractivity contribution in [1.82, 2.24) is 4.90 Å². The third-order valence-corrected chi connectivity index (χ3v) is 3.03. The fourth-order valence-electron chi connectivity index (χ4n) is 2.26. The van der Waals surface area contributed by atoms with Crippen LogP contribution in [0, 0.1) is 0 Å². The Balaban J connectivity index is 2.69. The lowest BCUT2D eigenvalue weighted by Crippen LogP contribution is -2.57. The van der Waals surface area contributed by atoms with Crippen LogP contribution in [0.4, 0.5) is 0 Å². The predicted octanol–water partition coefficient (Wildman–Crippen LogP) is 1.77. The first-order valence-electron chi connectivity index (χ1n) is 6.38. The van der Waals surface area contributed by atoms with E-state index in [9.17, 15) is 9.59 Å². The van der Waals surface area contributed by atoms with Crippen molar-refractivity contribution in [2.75, 3.05) is 13.1 Å². The van der Waals surface area contributed by atoms with Crippen LogP contribution in [0.1, 0.15) is 47.0 Å². The summed E-state index contributed by atoms with van der Waals surface area (Å²) in [5, 5.41) is 0. The van der Waals surface area contributed by atoms with E-state index in [4.69, 9.17) is 4.74 Å². The van der Waals surface area contributed by atoms with Crippen molar-refractivity contribution in [2.45, 2.75) is 58.6 Å². The molecule has 0 aromatic heterocycles. The highest BCUT2D eigenvalue weighted by atomic mass is 16.6. The molecule has 98 valence electrons. The number of rotatable bonds is 5. The largest absolute Gasteiger partial charge is 0.457 e. The minimum absolute atomic E-state index is 0.146. The smallest absolute Gasteiger partial charge is 0.324 e. The number of hydrogen-bond acceptors (Lipinski definition) is 4. The molecule has 1 rings (SSSR count). The van der Waals surface area contributed by atoms with Gasteiger partial charge in [-0.25, -0.2) is 0 Å². The summed E-state index contributed by atoms with van der Waals surface area (Å²) in [6.45, 7) is 9.24. The SMILES string of the molecule is CCCC(=O)CC1C(=O)OC(C)(C)CN1CC. The second kappa shape index (κ2) is 5.63. The predicted molar refractivity (Wildman–Crippen MR) is 65.7 cm³/mol. The number of cyclic esters (lactones) is 1. The maximum atomic E-state index is 11.9. The van der Waals surface area contributed by atoms with E-state index >= 15 is 0 Å². The van der Waals surface area contributed by atoms with Gasteiger partial charge in [-0.05, 0) is 26.8 Å². The monoisotopic (exact) mass is 241 g/mol. The van der Waals surface area contributed by atoms with Crippen molar-refractivity contribution >= 4 is 11.8 Å². The summed E-state index contributed by atoms with van der Waals surface area (Å²) in [6, 6.07) is -0.382. The molecule has 0 N–H and O–H groups in total. The minimum atomic E-state index is -0.447. The summed E-state index contributed by atoms with van der Waals surface area (Å²) in [5.41, 5.74) is -0.447. The van der Waals surface area contributed by atoms with E-state index in [1.54, 1.807) is 0 Å². The summed E-state index contributed by atoms with van der Waals surface area (Å²) < 4.78 is 5.36. The van der Waals surface area contributed by atoms with Gasteiger partial charge in [-0.1, -0.05) is 13.8 Å². The molecule has 0 amide bonds. The van der Waals surface area contributed by atoms with Crippen LogP contribution in [0.5, 0.6) is 0 Å². The lowest BCUT2D eigenvalue weighted by Gasteiger charge is -2.41. The average Bonchev–Trinajstić information content (AvgIpc) is 2.21. The maximum absolute atomic E-state index is 11.9. The molecule has 0 aromatic rings. The molecule has 1 unspecified atom stereocenters. The highest BCUT2D eigenvalue weighted by molar-refractivity contribution is 5.87. The summed E-state index contributed by atoms with van der Waals surface area (Å²) in [4.78, 5) is 25.6. The van der Waals surface area contributed by atoms with E-state index in [0.717, 1.165) is 13.0 Å². The summed E-state index contributed by atoms with van der Waals surface area (Å²) in [6.07, 6.45) is 1.67. The number of hydrogen-bond donors (Lipinski definition) is 0. The third-order valence-electron chi connectivity index (χ3n) is 3.03. The fourth-order valence-corrected chi connectivity index (χ4v) is 2.26. The van der Waals surface area contributed by atoms with E-state index < -0.39 is 5.60 Å². The number of esters is 1. The Kier molecular flexibility index (Phi) is 4.69. The Morgan fingerprint density at radius 1 is 1.47 bits per heavy atom. The molecule has 4 heteroatoms. The molecule has 1 heterocycles. The number of ether oxygens (including phenoxy) is 1. The van der Waals surface area contributed by atoms with Gasteiger partial charge >= 0.3 is 5.97 Å². The third kappa shape index (κ3) is 3.80. The number of Topliss-reactive ketones (excluding diaryl/α,β-unsaturated/α-hetero) is 1. The van der Waals surface area contributed by atoms with E-state index in [1.165, 1.54) is 0 Å². The average molecular weight is 241 g/mol. The summed E-state index contributed by atoms with van der Waals surface area (Å²) in [5.74, 6) is -0.111. The van der Waals surface area contributed by atoms with Crippen molar-refractivity contribution in [3.63, 3.8) is 0 Å². The van der Waals surface area contributed by atoms with Crippen molar-refractivity contribution in [1.29, 1.82) is 0 Å². The molecule has 0 aliphatic carbocycles. The lowest BCUT2D eigenvalue weighted by atomic mass is 9.99. The number of carbonyl (C=O) groups is 2. The Morgan fingerprint density at radius 3 is 2.65 bits per heavy atom. The minimum Gasteiger partial charge on any atom is -0.457 e. The van der Waals surface area contributed by atoms with Gasteiger partial charge in [-0.3, -0.25) is 14.5 Å². The molecule has 17 heavy (non-hydrogen) atoms. The van der Waals surface area contributed by atoms with Crippen molar-refractivity contribution in [3.05, 3.63) is 0 Å². The van der Waals surface area contributed by atoms with Gasteiger partial charge in [0.05, 0.1) is 0 Å². The van der Waals surface area contributed by atoms with Gasteiger partial charge in [-0.2, -0.15) is 0 Å². The van der Waals surface area contributed by atoms with Crippen molar-refractivity contribution in [3.8, 4) is 0 Å². The van der Waals surface area contributed by atoms with Gasteiger partial charge in [-0.15, -0.1) is 0 Å². The van der Waals surface area contributed by atoms with Gasteiger partial charge in [0, 0.05) is 19.4 Å². The molecule has 0 radical (unpaired) electrons. The molecule has 0 aromatic carbocycles. The van der Waals surface area contributed by atoms with Gasteiger partial charge < -0.3 is 4.74 Å². The van der Waals surface area contributed by atoms with Gasteiger partial charge in [0.15, 0.2) is 0 Å². The van der Waals surface area contributed by atoms with Crippen LogP contribution in [0.3, 0.4) is 0 Å². The molecule has 1 atom stereocenters. The quantitative estimate of drug-likeness (QED) is 0.688. The zero-order valence-electron chi connectivity index (χ0n) is 11.3. The maximum Gasteiger partial charge on any atom is 0.324 e. The normalized spacial score (nSPS) is 24.5. The zero-order chi connectivity index (χ0) is 13.1. The molecule has 1 aliphatic heterocycles. The molecular weight excluding hydrogens is 218 g/mol. The fraction of sp³-hybridized carbons (Fsp3) is 0.846. The summed E-state index contributed by atoms with van der Waals surface area (Å²) >= 11 is 0. The van der Waals surface area contributed by atoms with Gasteiger partial charge in [0.25, 0.3) is 0 Å². The number of nitrogens with zero attached hydrogens (tertiary/aromatic N) is 1. The molecule has 1 saturated heterocycles. The second-order valence-corrected chi connectivity index (χ2v) is 5.25. The first-order chi connectivity index (χ1) is 7.89. The first kappa shape index (κ1) is 14.2. The van der Waals surface area contributed by atoms with E-state index in [1.807, 2.05) is 32.6 Å². The number of carbonyl (C=O) groups excluding carboxylic acids is 2. The molecule has 1 aliphatic rings. The van der Waals surface area contributed by atoms with Crippen LogP contribution in [-0.4, -0.2) is 41.4 Å². The Labute approximate surface area is 103 Å². The van der Waals surface area contributed by atoms with Crippen molar-refractivity contribution < 1.29 is 14.3 Å². The Bertz CT molecular complexity index is 299. The topological polar surface area (TPSA) is 46.6 Å². The van der Waals surface area contributed by atoms with E-state index in [-0.39, 0.29) is 24.2 Å². The van der Waals surface area contributed by atoms with Gasteiger partial charge in [0.1, 0.15) is 17.4 Å². The van der Waals surface area contributed by atoms with E-state index in [2.05, 4.69) is 0 Å². The highest BCUT2D eigenvalue weighted by Gasteiger charge is 2.40. The summed E-state index contributed by atoms with van der Waals surface area (Å²) in [7, 11) is 0. The molecular formula is C13H23NO3. The first-order valence-corrected chi connectivity index (χ1v) is 6.38. The Morgan fingerprint density at radius 2 is 2.12 bits per heavy atom. The molecule has 0 saturated carbocycles.